The predicted octanol–water partition coefficient (Wildman–Crippen LogP) is 2.49. The number of halogens is 1. The lowest BCUT2D eigenvalue weighted by atomic mass is 10.2. The summed E-state index contributed by atoms with van der Waals surface area (Å²) in [5.74, 6) is -1.32. The standard InChI is InChI=1S/C12H11ClO4/c1-2-16-12(15)10(13)8-17-11(14)9-6-4-3-5-7-9/h3-8H,2H2,1H3/b10-8+. The van der Waals surface area contributed by atoms with Crippen molar-refractivity contribution in [3.8, 4) is 0 Å². The maximum atomic E-state index is 11.5. The molecule has 1 aromatic rings. The summed E-state index contributed by atoms with van der Waals surface area (Å²) in [6.07, 6.45) is 0.870. The van der Waals surface area contributed by atoms with Crippen LogP contribution in [0.25, 0.3) is 0 Å². The van der Waals surface area contributed by atoms with Gasteiger partial charge < -0.3 is 9.47 Å². The van der Waals surface area contributed by atoms with Gasteiger partial charge in [0, 0.05) is 0 Å². The first kappa shape index (κ1) is 13.3. The van der Waals surface area contributed by atoms with Crippen LogP contribution in [0.1, 0.15) is 17.3 Å². The van der Waals surface area contributed by atoms with Gasteiger partial charge in [0.2, 0.25) is 0 Å². The summed E-state index contributed by atoms with van der Waals surface area (Å²) in [5, 5.41) is -0.281. The van der Waals surface area contributed by atoms with Gasteiger partial charge in [-0.05, 0) is 19.1 Å². The largest absolute Gasteiger partial charge is 0.462 e. The predicted molar refractivity (Wildman–Crippen MR) is 62.4 cm³/mol. The summed E-state index contributed by atoms with van der Waals surface area (Å²) in [7, 11) is 0. The lowest BCUT2D eigenvalue weighted by molar-refractivity contribution is -0.137. The molecule has 0 radical (unpaired) electrons. The van der Waals surface area contributed by atoms with Crippen LogP contribution >= 0.6 is 11.6 Å². The van der Waals surface area contributed by atoms with Crippen LogP contribution in [0, 0.1) is 0 Å². The van der Waals surface area contributed by atoms with Gasteiger partial charge in [0.25, 0.3) is 0 Å². The number of esters is 2. The van der Waals surface area contributed by atoms with E-state index in [2.05, 4.69) is 4.74 Å². The SMILES string of the molecule is CCOC(=O)/C(Cl)=C\OC(=O)c1ccccc1. The number of carbonyl (C=O) groups is 2. The van der Waals surface area contributed by atoms with E-state index in [1.807, 2.05) is 0 Å². The third kappa shape index (κ3) is 4.28. The highest BCUT2D eigenvalue weighted by molar-refractivity contribution is 6.41. The van der Waals surface area contributed by atoms with Crippen LogP contribution in [0.4, 0.5) is 0 Å². The molecular weight excluding hydrogens is 244 g/mol. The van der Waals surface area contributed by atoms with Gasteiger partial charge in [-0.3, -0.25) is 0 Å². The van der Waals surface area contributed by atoms with E-state index in [1.165, 1.54) is 0 Å². The first-order valence-electron chi connectivity index (χ1n) is 4.94. The molecule has 5 heteroatoms. The van der Waals surface area contributed by atoms with Crippen molar-refractivity contribution in [3.05, 3.63) is 47.2 Å². The molecule has 0 aliphatic carbocycles. The molecule has 1 aromatic carbocycles. The number of hydrogen-bond donors (Lipinski definition) is 0. The molecule has 0 atom stereocenters. The van der Waals surface area contributed by atoms with Gasteiger partial charge in [-0.2, -0.15) is 0 Å². The Bertz CT molecular complexity index is 425. The quantitative estimate of drug-likeness (QED) is 0.471. The van der Waals surface area contributed by atoms with Gasteiger partial charge in [0.05, 0.1) is 12.2 Å². The number of rotatable bonds is 4. The Kier molecular flexibility index (Phi) is 5.23. The van der Waals surface area contributed by atoms with E-state index in [4.69, 9.17) is 16.3 Å². The van der Waals surface area contributed by atoms with Crippen LogP contribution in [0.5, 0.6) is 0 Å². The molecule has 0 saturated carbocycles. The number of ether oxygens (including phenoxy) is 2. The van der Waals surface area contributed by atoms with Crippen LogP contribution in [0.2, 0.25) is 0 Å². The lowest BCUT2D eigenvalue weighted by Crippen LogP contribution is -2.06. The molecular formula is C12H11ClO4. The zero-order chi connectivity index (χ0) is 12.7. The Morgan fingerprint density at radius 1 is 1.29 bits per heavy atom. The lowest BCUT2D eigenvalue weighted by Gasteiger charge is -2.01. The second kappa shape index (κ2) is 6.70. The summed E-state index contributed by atoms with van der Waals surface area (Å²) in [6.45, 7) is 1.85. The normalized spacial score (nSPS) is 10.8. The average molecular weight is 255 g/mol. The third-order valence-electron chi connectivity index (χ3n) is 1.75. The Morgan fingerprint density at radius 3 is 2.53 bits per heavy atom. The maximum absolute atomic E-state index is 11.5. The van der Waals surface area contributed by atoms with Gasteiger partial charge >= 0.3 is 11.9 Å². The molecule has 0 heterocycles. The van der Waals surface area contributed by atoms with Crippen LogP contribution in [-0.2, 0) is 14.3 Å². The van der Waals surface area contributed by atoms with Gasteiger partial charge in [-0.1, -0.05) is 29.8 Å². The molecule has 0 amide bonds. The first-order valence-corrected chi connectivity index (χ1v) is 5.31. The third-order valence-corrected chi connectivity index (χ3v) is 1.99. The second-order valence-corrected chi connectivity index (χ2v) is 3.36. The van der Waals surface area contributed by atoms with Crippen LogP contribution in [0.15, 0.2) is 41.6 Å². The van der Waals surface area contributed by atoms with Crippen molar-refractivity contribution in [3.63, 3.8) is 0 Å². The minimum Gasteiger partial charge on any atom is -0.462 e. The van der Waals surface area contributed by atoms with E-state index in [9.17, 15) is 9.59 Å². The summed E-state index contributed by atoms with van der Waals surface area (Å²) in [4.78, 5) is 22.5. The molecule has 0 aliphatic heterocycles. The Balaban J connectivity index is 2.59. The molecule has 0 aliphatic rings. The van der Waals surface area contributed by atoms with E-state index >= 15 is 0 Å². The Morgan fingerprint density at radius 2 is 1.94 bits per heavy atom. The van der Waals surface area contributed by atoms with Gasteiger partial charge in [-0.25, -0.2) is 9.59 Å². The highest BCUT2D eigenvalue weighted by Gasteiger charge is 2.10. The van der Waals surface area contributed by atoms with E-state index in [0.717, 1.165) is 6.26 Å². The van der Waals surface area contributed by atoms with Gasteiger partial charge in [0.1, 0.15) is 6.26 Å². The van der Waals surface area contributed by atoms with E-state index in [0.29, 0.717) is 5.56 Å². The molecule has 0 bridgehead atoms. The highest BCUT2D eigenvalue weighted by Crippen LogP contribution is 2.07. The topological polar surface area (TPSA) is 52.6 Å². The van der Waals surface area contributed by atoms with Crippen molar-refractivity contribution in [2.45, 2.75) is 6.92 Å². The molecule has 0 spiro atoms. The van der Waals surface area contributed by atoms with Crippen LogP contribution in [0.3, 0.4) is 0 Å². The van der Waals surface area contributed by atoms with E-state index in [-0.39, 0.29) is 11.6 Å². The van der Waals surface area contributed by atoms with Crippen molar-refractivity contribution in [1.82, 2.24) is 0 Å². The molecule has 0 unspecified atom stereocenters. The van der Waals surface area contributed by atoms with Crippen LogP contribution in [-0.4, -0.2) is 18.5 Å². The smallest absolute Gasteiger partial charge is 0.352 e. The average Bonchev–Trinajstić information content (AvgIpc) is 2.36. The Labute approximate surface area is 104 Å². The number of hydrogen-bond acceptors (Lipinski definition) is 4. The van der Waals surface area contributed by atoms with Crippen molar-refractivity contribution in [1.29, 1.82) is 0 Å². The molecule has 0 N–H and O–H groups in total. The number of benzene rings is 1. The summed E-state index contributed by atoms with van der Waals surface area (Å²) in [5.41, 5.74) is 0.372. The van der Waals surface area contributed by atoms with Gasteiger partial charge in [0.15, 0.2) is 5.03 Å². The van der Waals surface area contributed by atoms with Gasteiger partial charge in [-0.15, -0.1) is 0 Å². The fraction of sp³-hybridized carbons (Fsp3) is 0.167. The minimum atomic E-state index is -0.727. The molecule has 0 fully saturated rings. The molecule has 4 nitrogen and oxygen atoms in total. The van der Waals surface area contributed by atoms with Crippen molar-refractivity contribution in [2.75, 3.05) is 6.61 Å². The first-order chi connectivity index (χ1) is 8.15. The van der Waals surface area contributed by atoms with Crippen molar-refractivity contribution in [2.24, 2.45) is 0 Å². The molecule has 17 heavy (non-hydrogen) atoms. The fourth-order valence-electron chi connectivity index (χ4n) is 0.996. The van der Waals surface area contributed by atoms with Crippen molar-refractivity contribution >= 4 is 23.5 Å². The summed E-state index contributed by atoms with van der Waals surface area (Å²) >= 11 is 5.55. The molecule has 0 saturated heterocycles. The highest BCUT2D eigenvalue weighted by atomic mass is 35.5. The Hall–Kier alpha value is -1.81. The monoisotopic (exact) mass is 254 g/mol. The fourth-order valence-corrected chi connectivity index (χ4v) is 1.09. The number of carbonyl (C=O) groups excluding carboxylic acids is 2. The zero-order valence-corrected chi connectivity index (χ0v) is 9.94. The summed E-state index contributed by atoms with van der Waals surface area (Å²) in [6, 6.07) is 8.36. The molecule has 90 valence electrons. The van der Waals surface area contributed by atoms with E-state index in [1.54, 1.807) is 37.3 Å². The second-order valence-electron chi connectivity index (χ2n) is 2.96. The van der Waals surface area contributed by atoms with Crippen LogP contribution < -0.4 is 0 Å². The van der Waals surface area contributed by atoms with E-state index < -0.39 is 11.9 Å². The molecule has 1 rings (SSSR count). The maximum Gasteiger partial charge on any atom is 0.352 e. The minimum absolute atomic E-state index is 0.204. The molecule has 0 aromatic heterocycles. The summed E-state index contributed by atoms with van der Waals surface area (Å²) < 4.78 is 9.33. The van der Waals surface area contributed by atoms with Crippen molar-refractivity contribution < 1.29 is 19.1 Å². The zero-order valence-electron chi connectivity index (χ0n) is 9.18.